The fourth-order valence-corrected chi connectivity index (χ4v) is 2.86. The Bertz CT molecular complexity index is 297. The van der Waals surface area contributed by atoms with Crippen LogP contribution in [0.4, 0.5) is 5.13 Å². The van der Waals surface area contributed by atoms with Gasteiger partial charge in [0.15, 0.2) is 5.13 Å². The molecule has 1 aromatic rings. The first-order valence-electron chi connectivity index (χ1n) is 6.13. The van der Waals surface area contributed by atoms with Crippen molar-refractivity contribution in [1.29, 1.82) is 0 Å². The van der Waals surface area contributed by atoms with E-state index in [-0.39, 0.29) is 0 Å². The molecule has 1 aromatic heterocycles. The first-order chi connectivity index (χ1) is 7.75. The van der Waals surface area contributed by atoms with Crippen LogP contribution in [0.15, 0.2) is 11.6 Å². The zero-order chi connectivity index (χ0) is 11.4. The number of hydrogen-bond acceptors (Lipinski definition) is 4. The first-order valence-corrected chi connectivity index (χ1v) is 7.01. The van der Waals surface area contributed by atoms with E-state index in [0.29, 0.717) is 6.04 Å². The standard InChI is InChI=1S/C12H21N3S/c1-10(2)14-8-11-4-3-6-15(9-11)12-13-5-7-16-12/h5,7,10-11,14H,3-4,6,8-9H2,1-2H3. The first kappa shape index (κ1) is 11.9. The molecule has 1 unspecified atom stereocenters. The second-order valence-corrected chi connectivity index (χ2v) is 5.70. The molecule has 1 aliphatic rings. The van der Waals surface area contributed by atoms with Gasteiger partial charge in [-0.05, 0) is 25.3 Å². The van der Waals surface area contributed by atoms with Crippen LogP contribution in [0, 0.1) is 5.92 Å². The lowest BCUT2D eigenvalue weighted by molar-refractivity contribution is 0.379. The normalized spacial score (nSPS) is 21.7. The molecule has 0 spiro atoms. The number of piperidine rings is 1. The molecular weight excluding hydrogens is 218 g/mol. The summed E-state index contributed by atoms with van der Waals surface area (Å²) < 4.78 is 0. The van der Waals surface area contributed by atoms with Gasteiger partial charge in [0.1, 0.15) is 0 Å². The number of thiazole rings is 1. The molecule has 1 aliphatic heterocycles. The Kier molecular flexibility index (Phi) is 4.18. The van der Waals surface area contributed by atoms with Crippen LogP contribution in [-0.2, 0) is 0 Å². The Morgan fingerprint density at radius 2 is 2.50 bits per heavy atom. The molecule has 16 heavy (non-hydrogen) atoms. The van der Waals surface area contributed by atoms with Gasteiger partial charge in [-0.25, -0.2) is 4.98 Å². The summed E-state index contributed by atoms with van der Waals surface area (Å²) >= 11 is 1.75. The zero-order valence-corrected chi connectivity index (χ0v) is 11.0. The van der Waals surface area contributed by atoms with Crippen molar-refractivity contribution >= 4 is 16.5 Å². The second-order valence-electron chi connectivity index (χ2n) is 4.83. The fourth-order valence-electron chi connectivity index (χ4n) is 2.18. The van der Waals surface area contributed by atoms with Crippen molar-refractivity contribution in [3.8, 4) is 0 Å². The number of nitrogens with one attached hydrogen (secondary N) is 1. The summed E-state index contributed by atoms with van der Waals surface area (Å²) in [6.07, 6.45) is 4.54. The zero-order valence-electron chi connectivity index (χ0n) is 10.1. The van der Waals surface area contributed by atoms with Crippen molar-refractivity contribution < 1.29 is 0 Å². The van der Waals surface area contributed by atoms with E-state index in [1.807, 2.05) is 6.20 Å². The summed E-state index contributed by atoms with van der Waals surface area (Å²) in [7, 11) is 0. The van der Waals surface area contributed by atoms with E-state index in [1.165, 1.54) is 24.5 Å². The Balaban J connectivity index is 1.84. The van der Waals surface area contributed by atoms with Gasteiger partial charge >= 0.3 is 0 Å². The second kappa shape index (κ2) is 5.64. The average Bonchev–Trinajstić information content (AvgIpc) is 2.80. The van der Waals surface area contributed by atoms with Crippen LogP contribution in [0.25, 0.3) is 0 Å². The minimum atomic E-state index is 0.593. The van der Waals surface area contributed by atoms with Crippen molar-refractivity contribution in [1.82, 2.24) is 10.3 Å². The highest BCUT2D eigenvalue weighted by Gasteiger charge is 2.21. The van der Waals surface area contributed by atoms with Gasteiger partial charge < -0.3 is 10.2 Å². The highest BCUT2D eigenvalue weighted by atomic mass is 32.1. The highest BCUT2D eigenvalue weighted by Crippen LogP contribution is 2.24. The van der Waals surface area contributed by atoms with Crippen LogP contribution >= 0.6 is 11.3 Å². The summed E-state index contributed by atoms with van der Waals surface area (Å²) in [5.74, 6) is 0.778. The van der Waals surface area contributed by atoms with Crippen molar-refractivity contribution in [2.45, 2.75) is 32.7 Å². The van der Waals surface area contributed by atoms with Crippen molar-refractivity contribution in [3.05, 3.63) is 11.6 Å². The molecule has 4 heteroatoms. The predicted octanol–water partition coefficient (Wildman–Crippen LogP) is 2.36. The van der Waals surface area contributed by atoms with Gasteiger partial charge in [0.05, 0.1) is 0 Å². The third-order valence-electron chi connectivity index (χ3n) is 3.02. The molecule has 0 aromatic carbocycles. The highest BCUT2D eigenvalue weighted by molar-refractivity contribution is 7.13. The van der Waals surface area contributed by atoms with E-state index < -0.39 is 0 Å². The molecule has 0 radical (unpaired) electrons. The molecule has 1 N–H and O–H groups in total. The fraction of sp³-hybridized carbons (Fsp3) is 0.750. The Morgan fingerprint density at radius 1 is 1.62 bits per heavy atom. The largest absolute Gasteiger partial charge is 0.348 e. The summed E-state index contributed by atoms with van der Waals surface area (Å²) in [5.41, 5.74) is 0. The molecule has 1 atom stereocenters. The molecule has 3 nitrogen and oxygen atoms in total. The predicted molar refractivity (Wildman–Crippen MR) is 70.2 cm³/mol. The summed E-state index contributed by atoms with van der Waals surface area (Å²) in [5, 5.41) is 6.79. The van der Waals surface area contributed by atoms with Crippen molar-refractivity contribution in [2.24, 2.45) is 5.92 Å². The molecule has 0 amide bonds. The number of nitrogens with zero attached hydrogens (tertiary/aromatic N) is 2. The van der Waals surface area contributed by atoms with E-state index in [2.05, 4.69) is 34.4 Å². The summed E-state index contributed by atoms with van der Waals surface area (Å²) in [6.45, 7) is 7.89. The molecule has 0 aliphatic carbocycles. The van der Waals surface area contributed by atoms with Crippen LogP contribution in [0.5, 0.6) is 0 Å². The minimum absolute atomic E-state index is 0.593. The van der Waals surface area contributed by atoms with Crippen LogP contribution in [0.2, 0.25) is 0 Å². The van der Waals surface area contributed by atoms with Gasteiger partial charge in [-0.1, -0.05) is 13.8 Å². The number of rotatable bonds is 4. The third kappa shape index (κ3) is 3.19. The molecule has 0 bridgehead atoms. The third-order valence-corrected chi connectivity index (χ3v) is 3.86. The summed E-state index contributed by atoms with van der Waals surface area (Å²) in [4.78, 5) is 6.83. The van der Waals surface area contributed by atoms with E-state index in [4.69, 9.17) is 0 Å². The van der Waals surface area contributed by atoms with E-state index in [1.54, 1.807) is 11.3 Å². The average molecular weight is 239 g/mol. The van der Waals surface area contributed by atoms with Crippen molar-refractivity contribution in [2.75, 3.05) is 24.5 Å². The van der Waals surface area contributed by atoms with E-state index in [0.717, 1.165) is 19.0 Å². The van der Waals surface area contributed by atoms with Crippen LogP contribution in [0.3, 0.4) is 0 Å². The number of aromatic nitrogens is 1. The van der Waals surface area contributed by atoms with E-state index >= 15 is 0 Å². The van der Waals surface area contributed by atoms with Crippen LogP contribution in [-0.4, -0.2) is 30.7 Å². The van der Waals surface area contributed by atoms with Crippen molar-refractivity contribution in [3.63, 3.8) is 0 Å². The van der Waals surface area contributed by atoms with Crippen LogP contribution < -0.4 is 10.2 Å². The van der Waals surface area contributed by atoms with E-state index in [9.17, 15) is 0 Å². The lowest BCUT2D eigenvalue weighted by Crippen LogP contribution is -2.41. The number of hydrogen-bond donors (Lipinski definition) is 1. The molecular formula is C12H21N3S. The van der Waals surface area contributed by atoms with Gasteiger partial charge in [0.2, 0.25) is 0 Å². The molecule has 2 heterocycles. The van der Waals surface area contributed by atoms with Gasteiger partial charge in [-0.2, -0.15) is 0 Å². The number of anilines is 1. The maximum atomic E-state index is 4.39. The lowest BCUT2D eigenvalue weighted by atomic mass is 9.98. The Morgan fingerprint density at radius 3 is 3.19 bits per heavy atom. The smallest absolute Gasteiger partial charge is 0.185 e. The Hall–Kier alpha value is -0.610. The monoisotopic (exact) mass is 239 g/mol. The summed E-state index contributed by atoms with van der Waals surface area (Å²) in [6, 6.07) is 0.593. The topological polar surface area (TPSA) is 28.2 Å². The molecule has 0 saturated carbocycles. The van der Waals surface area contributed by atoms with Gasteiger partial charge in [-0.15, -0.1) is 11.3 Å². The quantitative estimate of drug-likeness (QED) is 0.874. The SMILES string of the molecule is CC(C)NCC1CCCN(c2nccs2)C1. The van der Waals surface area contributed by atoms with Gasteiger partial charge in [0.25, 0.3) is 0 Å². The molecule has 1 fully saturated rings. The minimum Gasteiger partial charge on any atom is -0.348 e. The molecule has 1 saturated heterocycles. The molecule has 90 valence electrons. The maximum absolute atomic E-state index is 4.39. The maximum Gasteiger partial charge on any atom is 0.185 e. The van der Waals surface area contributed by atoms with Gasteiger partial charge in [-0.3, -0.25) is 0 Å². The van der Waals surface area contributed by atoms with Gasteiger partial charge in [0, 0.05) is 30.7 Å². The Labute approximate surface area is 102 Å². The van der Waals surface area contributed by atoms with Crippen LogP contribution in [0.1, 0.15) is 26.7 Å². The molecule has 2 rings (SSSR count). The lowest BCUT2D eigenvalue weighted by Gasteiger charge is -2.33.